The average molecular weight is 467 g/mol. The molecule has 6 nitrogen and oxygen atoms in total. The summed E-state index contributed by atoms with van der Waals surface area (Å²) in [7, 11) is 1.57. The van der Waals surface area contributed by atoms with E-state index < -0.39 is 12.0 Å². The summed E-state index contributed by atoms with van der Waals surface area (Å²) in [5.74, 6) is 0.0653. The molecule has 0 aliphatic carbocycles. The minimum Gasteiger partial charge on any atom is -0.496 e. The Morgan fingerprint density at radius 3 is 2.71 bits per heavy atom. The molecule has 2 aliphatic heterocycles. The van der Waals surface area contributed by atoms with Gasteiger partial charge in [-0.1, -0.05) is 34.6 Å². The number of allylic oxidation sites excluding steroid dienone is 1. The summed E-state index contributed by atoms with van der Waals surface area (Å²) in [6, 6.07) is 4.90. The first kappa shape index (κ1) is 20.9. The lowest BCUT2D eigenvalue weighted by molar-refractivity contribution is -0.143. The molecule has 2 atom stereocenters. The van der Waals surface area contributed by atoms with E-state index in [1.807, 2.05) is 25.1 Å². The standard InChI is InChI=1S/C20H23BrN2O4S/c1-6-15-18(24)23-17(13-9-12(21)7-8-14(13)26-5)16(19(25)27-10(2)3)11(4)22-20(23)28-15/h7-10,15,17H,6H2,1-5H3/t15-,17+/m1/s1. The number of thioether (sulfide) groups is 1. The number of ether oxygens (including phenoxy) is 2. The minimum absolute atomic E-state index is 0.0550. The highest BCUT2D eigenvalue weighted by molar-refractivity contribution is 9.10. The molecule has 0 unspecified atom stereocenters. The number of carbonyl (C=O) groups is 2. The van der Waals surface area contributed by atoms with Gasteiger partial charge in [0.2, 0.25) is 5.91 Å². The molecule has 1 fully saturated rings. The zero-order valence-electron chi connectivity index (χ0n) is 16.5. The van der Waals surface area contributed by atoms with Gasteiger partial charge in [-0.15, -0.1) is 0 Å². The van der Waals surface area contributed by atoms with E-state index >= 15 is 0 Å². The molecule has 2 heterocycles. The third-order valence-electron chi connectivity index (χ3n) is 4.57. The number of fused-ring (bicyclic) bond motifs is 1. The topological polar surface area (TPSA) is 68.2 Å². The zero-order valence-corrected chi connectivity index (χ0v) is 18.9. The van der Waals surface area contributed by atoms with Crippen LogP contribution >= 0.6 is 27.7 Å². The predicted octanol–water partition coefficient (Wildman–Crippen LogP) is 4.45. The second-order valence-electron chi connectivity index (χ2n) is 6.86. The zero-order chi connectivity index (χ0) is 20.6. The fraction of sp³-hybridized carbons (Fsp3) is 0.450. The average Bonchev–Trinajstić information content (AvgIpc) is 2.95. The number of amidine groups is 1. The quantitative estimate of drug-likeness (QED) is 0.599. The van der Waals surface area contributed by atoms with Crippen LogP contribution in [-0.2, 0) is 14.3 Å². The van der Waals surface area contributed by atoms with Gasteiger partial charge < -0.3 is 9.47 Å². The van der Waals surface area contributed by atoms with Crippen molar-refractivity contribution in [1.29, 1.82) is 0 Å². The first-order valence-electron chi connectivity index (χ1n) is 9.12. The van der Waals surface area contributed by atoms with Crippen LogP contribution in [0.1, 0.15) is 45.7 Å². The van der Waals surface area contributed by atoms with Crippen LogP contribution in [0.5, 0.6) is 5.75 Å². The van der Waals surface area contributed by atoms with Crippen LogP contribution in [0.25, 0.3) is 0 Å². The molecule has 3 rings (SSSR count). The van der Waals surface area contributed by atoms with Gasteiger partial charge in [0.1, 0.15) is 11.8 Å². The highest BCUT2D eigenvalue weighted by atomic mass is 79.9. The van der Waals surface area contributed by atoms with Crippen LogP contribution in [0.15, 0.2) is 38.9 Å². The predicted molar refractivity (Wildman–Crippen MR) is 113 cm³/mol. The Balaban J connectivity index is 2.21. The van der Waals surface area contributed by atoms with Crippen LogP contribution in [0.3, 0.4) is 0 Å². The van der Waals surface area contributed by atoms with Gasteiger partial charge in [-0.2, -0.15) is 0 Å². The maximum atomic E-state index is 13.1. The van der Waals surface area contributed by atoms with Crippen LogP contribution in [-0.4, -0.2) is 40.4 Å². The number of nitrogens with zero attached hydrogens (tertiary/aromatic N) is 2. The fourth-order valence-corrected chi connectivity index (χ4v) is 4.85. The summed E-state index contributed by atoms with van der Waals surface area (Å²) >= 11 is 4.93. The van der Waals surface area contributed by atoms with E-state index in [2.05, 4.69) is 20.9 Å². The van der Waals surface area contributed by atoms with E-state index in [4.69, 9.17) is 9.47 Å². The van der Waals surface area contributed by atoms with Crippen molar-refractivity contribution in [1.82, 2.24) is 4.90 Å². The van der Waals surface area contributed by atoms with Gasteiger partial charge in [-0.25, -0.2) is 9.79 Å². The van der Waals surface area contributed by atoms with Crippen LogP contribution in [0.4, 0.5) is 0 Å². The third kappa shape index (κ3) is 3.72. The summed E-state index contributed by atoms with van der Waals surface area (Å²) in [5.41, 5.74) is 1.63. The van der Waals surface area contributed by atoms with Crippen LogP contribution < -0.4 is 4.74 Å². The lowest BCUT2D eigenvalue weighted by Gasteiger charge is -2.34. The number of aliphatic imine (C=N–C) groups is 1. The van der Waals surface area contributed by atoms with Gasteiger partial charge in [0, 0.05) is 10.0 Å². The molecule has 1 aromatic carbocycles. The summed E-state index contributed by atoms with van der Waals surface area (Å²) in [5, 5.41) is 0.398. The van der Waals surface area contributed by atoms with Gasteiger partial charge in [0.15, 0.2) is 5.17 Å². The molecule has 0 saturated carbocycles. The number of methoxy groups -OCH3 is 1. The lowest BCUT2D eigenvalue weighted by atomic mass is 9.93. The normalized spacial score (nSPS) is 21.8. The number of benzene rings is 1. The van der Waals surface area contributed by atoms with Gasteiger partial charge in [0.05, 0.1) is 29.7 Å². The molecule has 0 aromatic heterocycles. The van der Waals surface area contributed by atoms with Crippen LogP contribution in [0.2, 0.25) is 0 Å². The molecule has 0 N–H and O–H groups in total. The number of rotatable bonds is 5. The number of hydrogen-bond donors (Lipinski definition) is 0. The molecule has 1 saturated heterocycles. The summed E-state index contributed by atoms with van der Waals surface area (Å²) in [4.78, 5) is 32.3. The monoisotopic (exact) mass is 466 g/mol. The van der Waals surface area contributed by atoms with Crippen LogP contribution in [0, 0.1) is 0 Å². The van der Waals surface area contributed by atoms with E-state index in [1.165, 1.54) is 11.8 Å². The molecule has 2 aliphatic rings. The smallest absolute Gasteiger partial charge is 0.338 e. The second kappa shape index (κ2) is 8.29. The van der Waals surface area contributed by atoms with Crippen molar-refractivity contribution in [2.45, 2.75) is 51.5 Å². The molecular formula is C20H23BrN2O4S. The van der Waals surface area contributed by atoms with E-state index in [1.54, 1.807) is 32.8 Å². The van der Waals surface area contributed by atoms with Crippen molar-refractivity contribution in [2.24, 2.45) is 4.99 Å². The molecule has 28 heavy (non-hydrogen) atoms. The van der Waals surface area contributed by atoms with Crippen molar-refractivity contribution < 1.29 is 19.1 Å². The molecule has 0 radical (unpaired) electrons. The Kier molecular flexibility index (Phi) is 6.19. The Bertz CT molecular complexity index is 881. The lowest BCUT2D eigenvalue weighted by Crippen LogP contribution is -2.41. The van der Waals surface area contributed by atoms with Crippen molar-refractivity contribution in [2.75, 3.05) is 7.11 Å². The number of hydrogen-bond acceptors (Lipinski definition) is 6. The Morgan fingerprint density at radius 1 is 1.39 bits per heavy atom. The number of amides is 1. The molecular weight excluding hydrogens is 444 g/mol. The SMILES string of the molecule is CC[C@H]1SC2=NC(C)=C(C(=O)OC(C)C)[C@H](c3cc(Br)ccc3OC)N2C1=O. The largest absolute Gasteiger partial charge is 0.496 e. The summed E-state index contributed by atoms with van der Waals surface area (Å²) in [6.45, 7) is 7.34. The molecule has 8 heteroatoms. The van der Waals surface area contributed by atoms with E-state index in [-0.39, 0.29) is 17.3 Å². The number of carbonyl (C=O) groups excluding carboxylic acids is 2. The van der Waals surface area contributed by atoms with Crippen molar-refractivity contribution in [3.05, 3.63) is 39.5 Å². The third-order valence-corrected chi connectivity index (χ3v) is 6.38. The molecule has 0 bridgehead atoms. The fourth-order valence-electron chi connectivity index (χ4n) is 3.34. The van der Waals surface area contributed by atoms with Gasteiger partial charge in [0.25, 0.3) is 0 Å². The van der Waals surface area contributed by atoms with Crippen molar-refractivity contribution >= 4 is 44.7 Å². The molecule has 0 spiro atoms. The van der Waals surface area contributed by atoms with Crippen molar-refractivity contribution in [3.63, 3.8) is 0 Å². The number of halogens is 1. The van der Waals surface area contributed by atoms with Gasteiger partial charge in [-0.05, 0) is 45.4 Å². The van der Waals surface area contributed by atoms with Crippen molar-refractivity contribution in [3.8, 4) is 5.75 Å². The summed E-state index contributed by atoms with van der Waals surface area (Å²) in [6.07, 6.45) is 0.405. The maximum Gasteiger partial charge on any atom is 0.338 e. The van der Waals surface area contributed by atoms with E-state index in [0.29, 0.717) is 34.2 Å². The molecule has 1 aromatic rings. The molecule has 1 amide bonds. The maximum absolute atomic E-state index is 13.1. The Labute approximate surface area is 177 Å². The highest BCUT2D eigenvalue weighted by Gasteiger charge is 2.48. The molecule has 150 valence electrons. The van der Waals surface area contributed by atoms with E-state index in [0.717, 1.165) is 4.47 Å². The Hall–Kier alpha value is -1.80. The second-order valence-corrected chi connectivity index (χ2v) is 8.94. The van der Waals surface area contributed by atoms with Gasteiger partial charge in [-0.3, -0.25) is 9.69 Å². The number of esters is 1. The van der Waals surface area contributed by atoms with E-state index in [9.17, 15) is 9.59 Å². The minimum atomic E-state index is -0.650. The first-order valence-corrected chi connectivity index (χ1v) is 10.8. The Morgan fingerprint density at radius 2 is 2.11 bits per heavy atom. The summed E-state index contributed by atoms with van der Waals surface area (Å²) < 4.78 is 11.9. The first-order chi connectivity index (χ1) is 13.3. The highest BCUT2D eigenvalue weighted by Crippen LogP contribution is 2.46. The van der Waals surface area contributed by atoms with Gasteiger partial charge >= 0.3 is 5.97 Å².